The van der Waals surface area contributed by atoms with Crippen LogP contribution in [0.15, 0.2) is 18.2 Å². The van der Waals surface area contributed by atoms with Crippen LogP contribution in [0.3, 0.4) is 0 Å². The molecular weight excluding hydrogens is 262 g/mol. The lowest BCUT2D eigenvalue weighted by Gasteiger charge is -2.29. The predicted octanol–water partition coefficient (Wildman–Crippen LogP) is 2.01. The number of anilines is 1. The minimum atomic E-state index is 0.657. The lowest BCUT2D eigenvalue weighted by Crippen LogP contribution is -2.39. The molecule has 5 heteroatoms. The number of hydrogen-bond donors (Lipinski definition) is 1. The van der Waals surface area contributed by atoms with E-state index in [1.165, 1.54) is 32.2 Å². The molecule has 3 heterocycles. The van der Waals surface area contributed by atoms with Gasteiger partial charge < -0.3 is 10.2 Å². The Hall–Kier alpha value is -1.62. The van der Waals surface area contributed by atoms with Crippen molar-refractivity contribution >= 4 is 11.6 Å². The molecule has 2 aliphatic rings. The smallest absolute Gasteiger partial charge is 0.245 e. The van der Waals surface area contributed by atoms with Crippen LogP contribution in [0.1, 0.15) is 31.4 Å². The van der Waals surface area contributed by atoms with Gasteiger partial charge in [0.1, 0.15) is 0 Å². The maximum Gasteiger partial charge on any atom is 0.245 e. The second-order valence-electron chi connectivity index (χ2n) is 6.44. The molecule has 0 bridgehead atoms. The van der Waals surface area contributed by atoms with Crippen molar-refractivity contribution in [3.63, 3.8) is 0 Å². The molecule has 2 aromatic heterocycles. The fraction of sp³-hybridized carbons (Fsp3) is 0.625. The summed E-state index contributed by atoms with van der Waals surface area (Å²) in [7, 11) is 0. The van der Waals surface area contributed by atoms with Crippen LogP contribution >= 0.6 is 0 Å². The molecule has 1 N–H and O–H groups in total. The average molecular weight is 285 g/mol. The van der Waals surface area contributed by atoms with E-state index in [-0.39, 0.29) is 0 Å². The van der Waals surface area contributed by atoms with E-state index in [0.717, 1.165) is 36.3 Å². The molecule has 0 amide bonds. The first-order chi connectivity index (χ1) is 10.3. The van der Waals surface area contributed by atoms with Crippen LogP contribution in [-0.2, 0) is 0 Å². The topological polar surface area (TPSA) is 45.5 Å². The highest BCUT2D eigenvalue weighted by atomic mass is 15.4. The van der Waals surface area contributed by atoms with Crippen molar-refractivity contribution in [2.45, 2.75) is 38.6 Å². The summed E-state index contributed by atoms with van der Waals surface area (Å²) in [4.78, 5) is 7.21. The van der Waals surface area contributed by atoms with Crippen molar-refractivity contribution in [1.29, 1.82) is 0 Å². The molecule has 5 nitrogen and oxygen atoms in total. The SMILES string of the molecule is Cc1cccc2nc(N(CC3CCCNC3)C3CC3)nn12. The Balaban J connectivity index is 1.61. The Morgan fingerprint density at radius 2 is 2.24 bits per heavy atom. The molecule has 4 rings (SSSR count). The number of rotatable bonds is 4. The first-order valence-corrected chi connectivity index (χ1v) is 8.11. The van der Waals surface area contributed by atoms with E-state index in [0.29, 0.717) is 6.04 Å². The van der Waals surface area contributed by atoms with E-state index in [4.69, 9.17) is 10.1 Å². The van der Waals surface area contributed by atoms with E-state index in [1.807, 2.05) is 10.6 Å². The molecule has 0 spiro atoms. The van der Waals surface area contributed by atoms with Crippen molar-refractivity contribution in [3.8, 4) is 0 Å². The molecule has 1 atom stereocenters. The van der Waals surface area contributed by atoms with Crippen LogP contribution in [0.5, 0.6) is 0 Å². The second-order valence-corrected chi connectivity index (χ2v) is 6.44. The van der Waals surface area contributed by atoms with Crippen LogP contribution in [0.4, 0.5) is 5.95 Å². The van der Waals surface area contributed by atoms with Gasteiger partial charge in [0.25, 0.3) is 0 Å². The Morgan fingerprint density at radius 1 is 1.33 bits per heavy atom. The van der Waals surface area contributed by atoms with E-state index >= 15 is 0 Å². The molecule has 1 aliphatic carbocycles. The average Bonchev–Trinajstić information content (AvgIpc) is 3.25. The van der Waals surface area contributed by atoms with E-state index in [1.54, 1.807) is 0 Å². The fourth-order valence-corrected chi connectivity index (χ4v) is 3.28. The largest absolute Gasteiger partial charge is 0.336 e. The van der Waals surface area contributed by atoms with Crippen molar-refractivity contribution in [2.75, 3.05) is 24.5 Å². The first-order valence-electron chi connectivity index (χ1n) is 8.11. The van der Waals surface area contributed by atoms with Gasteiger partial charge in [-0.05, 0) is 63.7 Å². The molecule has 1 saturated heterocycles. The molecule has 2 aromatic rings. The Kier molecular flexibility index (Phi) is 3.30. The highest BCUT2D eigenvalue weighted by Crippen LogP contribution is 2.31. The van der Waals surface area contributed by atoms with Crippen molar-refractivity contribution < 1.29 is 0 Å². The number of aromatic nitrogens is 3. The lowest BCUT2D eigenvalue weighted by molar-refractivity contribution is 0.374. The predicted molar refractivity (Wildman–Crippen MR) is 83.7 cm³/mol. The number of pyridine rings is 1. The van der Waals surface area contributed by atoms with Gasteiger partial charge in [0.05, 0.1) is 0 Å². The zero-order valence-corrected chi connectivity index (χ0v) is 12.6. The standard InChI is InChI=1S/C16H23N5/c1-12-4-2-6-15-18-16(19-21(12)15)20(14-7-8-14)11-13-5-3-9-17-10-13/h2,4,6,13-14,17H,3,5,7-11H2,1H3. The summed E-state index contributed by atoms with van der Waals surface area (Å²) in [5.74, 6) is 1.64. The molecule has 1 saturated carbocycles. The van der Waals surface area contributed by atoms with E-state index < -0.39 is 0 Å². The van der Waals surface area contributed by atoms with Gasteiger partial charge in [0.15, 0.2) is 5.65 Å². The van der Waals surface area contributed by atoms with Gasteiger partial charge in [-0.25, -0.2) is 4.52 Å². The Labute approximate surface area is 125 Å². The normalized spacial score (nSPS) is 22.6. The van der Waals surface area contributed by atoms with Crippen LogP contribution in [-0.4, -0.2) is 40.3 Å². The molecule has 21 heavy (non-hydrogen) atoms. The minimum Gasteiger partial charge on any atom is -0.336 e. The molecule has 112 valence electrons. The third kappa shape index (κ3) is 2.62. The third-order valence-electron chi connectivity index (χ3n) is 4.64. The summed E-state index contributed by atoms with van der Waals surface area (Å²) >= 11 is 0. The number of aryl methyl sites for hydroxylation is 1. The van der Waals surface area contributed by atoms with Gasteiger partial charge in [-0.15, -0.1) is 5.10 Å². The van der Waals surface area contributed by atoms with Crippen molar-refractivity contribution in [1.82, 2.24) is 19.9 Å². The number of hydrogen-bond acceptors (Lipinski definition) is 4. The zero-order chi connectivity index (χ0) is 14.2. The van der Waals surface area contributed by atoms with Crippen molar-refractivity contribution in [2.24, 2.45) is 5.92 Å². The van der Waals surface area contributed by atoms with Gasteiger partial charge >= 0.3 is 0 Å². The first kappa shape index (κ1) is 13.1. The van der Waals surface area contributed by atoms with Crippen LogP contribution in [0, 0.1) is 12.8 Å². The summed E-state index contributed by atoms with van der Waals surface area (Å²) in [6.45, 7) is 5.48. The summed E-state index contributed by atoms with van der Waals surface area (Å²) in [6.07, 6.45) is 5.19. The molecule has 1 aliphatic heterocycles. The second kappa shape index (κ2) is 5.30. The van der Waals surface area contributed by atoms with Gasteiger partial charge in [-0.1, -0.05) is 6.07 Å². The maximum atomic E-state index is 4.76. The highest BCUT2D eigenvalue weighted by molar-refractivity contribution is 5.47. The summed E-state index contributed by atoms with van der Waals surface area (Å²) in [5.41, 5.74) is 2.10. The van der Waals surface area contributed by atoms with Gasteiger partial charge in [0.2, 0.25) is 5.95 Å². The summed E-state index contributed by atoms with van der Waals surface area (Å²) in [5, 5.41) is 8.26. The summed E-state index contributed by atoms with van der Waals surface area (Å²) in [6, 6.07) is 6.83. The molecule has 2 fully saturated rings. The van der Waals surface area contributed by atoms with Crippen molar-refractivity contribution in [3.05, 3.63) is 23.9 Å². The third-order valence-corrected chi connectivity index (χ3v) is 4.64. The number of nitrogens with one attached hydrogen (secondary N) is 1. The maximum absolute atomic E-state index is 4.76. The molecule has 0 aromatic carbocycles. The fourth-order valence-electron chi connectivity index (χ4n) is 3.28. The molecule has 0 radical (unpaired) electrons. The van der Waals surface area contributed by atoms with Gasteiger partial charge in [-0.2, -0.15) is 4.98 Å². The zero-order valence-electron chi connectivity index (χ0n) is 12.6. The monoisotopic (exact) mass is 285 g/mol. The Bertz CT molecular complexity index is 625. The Morgan fingerprint density at radius 3 is 2.95 bits per heavy atom. The number of nitrogens with zero attached hydrogens (tertiary/aromatic N) is 4. The summed E-state index contributed by atoms with van der Waals surface area (Å²) < 4.78 is 1.96. The van der Waals surface area contributed by atoms with Gasteiger partial charge in [0, 0.05) is 18.3 Å². The van der Waals surface area contributed by atoms with Crippen LogP contribution in [0.25, 0.3) is 5.65 Å². The highest BCUT2D eigenvalue weighted by Gasteiger charge is 2.33. The minimum absolute atomic E-state index is 0.657. The number of fused-ring (bicyclic) bond motifs is 1. The van der Waals surface area contributed by atoms with E-state index in [9.17, 15) is 0 Å². The molecular formula is C16H23N5. The van der Waals surface area contributed by atoms with Crippen LogP contribution < -0.4 is 10.2 Å². The van der Waals surface area contributed by atoms with E-state index in [2.05, 4.69) is 29.3 Å². The van der Waals surface area contributed by atoms with Crippen LogP contribution in [0.2, 0.25) is 0 Å². The number of piperidine rings is 1. The molecule has 1 unspecified atom stereocenters. The lowest BCUT2D eigenvalue weighted by atomic mass is 9.99. The quantitative estimate of drug-likeness (QED) is 0.933. The van der Waals surface area contributed by atoms with Gasteiger partial charge in [-0.3, -0.25) is 0 Å².